The quantitative estimate of drug-likeness (QED) is 0.900. The zero-order chi connectivity index (χ0) is 14.7. The van der Waals surface area contributed by atoms with Gasteiger partial charge in [-0.3, -0.25) is 0 Å². The van der Waals surface area contributed by atoms with Gasteiger partial charge in [-0.25, -0.2) is 0 Å². The van der Waals surface area contributed by atoms with E-state index in [1.165, 1.54) is 12.1 Å². The fourth-order valence-corrected chi connectivity index (χ4v) is 1.48. The summed E-state index contributed by atoms with van der Waals surface area (Å²) >= 11 is 0. The number of nitrogens with two attached hydrogens (primary N) is 1. The molecule has 0 spiro atoms. The highest BCUT2D eigenvalue weighted by atomic mass is 19.4. The Labute approximate surface area is 110 Å². The molecule has 0 radical (unpaired) electrons. The fourth-order valence-electron chi connectivity index (χ4n) is 1.48. The number of halogens is 3. The van der Waals surface area contributed by atoms with Gasteiger partial charge in [0.15, 0.2) is 0 Å². The van der Waals surface area contributed by atoms with E-state index in [9.17, 15) is 13.2 Å². The van der Waals surface area contributed by atoms with E-state index in [2.05, 4.69) is 4.74 Å². The van der Waals surface area contributed by atoms with Crippen molar-refractivity contribution in [2.75, 3.05) is 7.11 Å². The Morgan fingerprint density at radius 3 is 2.11 bits per heavy atom. The van der Waals surface area contributed by atoms with Crippen molar-refractivity contribution in [2.24, 2.45) is 5.73 Å². The summed E-state index contributed by atoms with van der Waals surface area (Å²) in [6.07, 6.45) is -4.16. The second-order valence-corrected chi connectivity index (χ2v) is 4.81. The van der Waals surface area contributed by atoms with Crippen LogP contribution in [0.3, 0.4) is 0 Å². The van der Waals surface area contributed by atoms with Crippen molar-refractivity contribution in [3.8, 4) is 5.75 Å². The lowest BCUT2D eigenvalue weighted by atomic mass is 9.93. The van der Waals surface area contributed by atoms with Crippen molar-refractivity contribution < 1.29 is 22.6 Å². The van der Waals surface area contributed by atoms with Gasteiger partial charge in [0.2, 0.25) is 0 Å². The summed E-state index contributed by atoms with van der Waals surface area (Å²) in [6.45, 7) is 3.72. The van der Waals surface area contributed by atoms with Crippen LogP contribution in [0.2, 0.25) is 0 Å². The van der Waals surface area contributed by atoms with Crippen LogP contribution in [0, 0.1) is 0 Å². The Morgan fingerprint density at radius 1 is 1.16 bits per heavy atom. The van der Waals surface area contributed by atoms with Crippen molar-refractivity contribution in [3.05, 3.63) is 29.8 Å². The van der Waals surface area contributed by atoms with Gasteiger partial charge in [-0.15, -0.1) is 13.2 Å². The van der Waals surface area contributed by atoms with Crippen LogP contribution >= 0.6 is 0 Å². The summed E-state index contributed by atoms with van der Waals surface area (Å²) in [5.74, 6) is -0.240. The molecule has 1 unspecified atom stereocenters. The molecular formula is C13H18F3NO2. The molecule has 19 heavy (non-hydrogen) atoms. The van der Waals surface area contributed by atoms with Gasteiger partial charge in [0.1, 0.15) is 5.75 Å². The molecule has 108 valence electrons. The number of methoxy groups -OCH3 is 1. The first-order valence-corrected chi connectivity index (χ1v) is 5.79. The molecule has 0 fully saturated rings. The average Bonchev–Trinajstić information content (AvgIpc) is 2.29. The summed E-state index contributed by atoms with van der Waals surface area (Å²) in [5.41, 5.74) is 6.32. The maximum atomic E-state index is 12.0. The predicted octanol–water partition coefficient (Wildman–Crippen LogP) is 2.88. The van der Waals surface area contributed by atoms with Crippen LogP contribution in [0.5, 0.6) is 5.75 Å². The first-order valence-electron chi connectivity index (χ1n) is 5.79. The molecule has 0 amide bonds. The minimum absolute atomic E-state index is 0.240. The van der Waals surface area contributed by atoms with E-state index in [1.54, 1.807) is 19.2 Å². The highest BCUT2D eigenvalue weighted by Gasteiger charge is 2.31. The van der Waals surface area contributed by atoms with Gasteiger partial charge in [-0.05, 0) is 38.0 Å². The zero-order valence-corrected chi connectivity index (χ0v) is 11.1. The van der Waals surface area contributed by atoms with Crippen LogP contribution in [0.1, 0.15) is 19.4 Å². The maximum Gasteiger partial charge on any atom is 0.573 e. The smallest absolute Gasteiger partial charge is 0.406 e. The molecule has 0 aromatic heterocycles. The third-order valence-corrected chi connectivity index (χ3v) is 3.03. The molecule has 0 saturated carbocycles. The van der Waals surface area contributed by atoms with Gasteiger partial charge in [0.25, 0.3) is 0 Å². The average molecular weight is 277 g/mol. The lowest BCUT2D eigenvalue weighted by Crippen LogP contribution is -2.46. The molecule has 0 aliphatic carbocycles. The molecule has 0 saturated heterocycles. The molecule has 6 heteroatoms. The maximum absolute atomic E-state index is 12.0. The molecule has 0 heterocycles. The largest absolute Gasteiger partial charge is 0.573 e. The monoisotopic (exact) mass is 277 g/mol. The SMILES string of the molecule is COC(C)(C)C(N)Cc1ccc(OC(F)(F)F)cc1. The lowest BCUT2D eigenvalue weighted by molar-refractivity contribution is -0.274. The molecule has 2 N–H and O–H groups in total. The zero-order valence-electron chi connectivity index (χ0n) is 11.1. The van der Waals surface area contributed by atoms with Crippen molar-refractivity contribution >= 4 is 0 Å². The fraction of sp³-hybridized carbons (Fsp3) is 0.538. The van der Waals surface area contributed by atoms with E-state index in [4.69, 9.17) is 10.5 Å². The number of ether oxygens (including phenoxy) is 2. The van der Waals surface area contributed by atoms with E-state index in [1.807, 2.05) is 13.8 Å². The van der Waals surface area contributed by atoms with Crippen LogP contribution in [-0.2, 0) is 11.2 Å². The molecule has 1 rings (SSSR count). The Bertz CT molecular complexity index is 401. The number of hydrogen-bond acceptors (Lipinski definition) is 3. The molecule has 1 aromatic carbocycles. The highest BCUT2D eigenvalue weighted by Crippen LogP contribution is 2.23. The van der Waals surface area contributed by atoms with Gasteiger partial charge in [0, 0.05) is 13.2 Å². The molecular weight excluding hydrogens is 259 g/mol. The number of alkyl halides is 3. The number of benzene rings is 1. The Hall–Kier alpha value is -1.27. The van der Waals surface area contributed by atoms with Crippen LogP contribution in [0.25, 0.3) is 0 Å². The summed E-state index contributed by atoms with van der Waals surface area (Å²) in [6, 6.07) is 5.41. The standard InChI is InChI=1S/C13H18F3NO2/c1-12(2,18-3)11(17)8-9-4-6-10(7-5-9)19-13(14,15)16/h4-7,11H,8,17H2,1-3H3. The molecule has 3 nitrogen and oxygen atoms in total. The first-order chi connectivity index (χ1) is 8.64. The van der Waals surface area contributed by atoms with Crippen molar-refractivity contribution in [3.63, 3.8) is 0 Å². The molecule has 0 aliphatic heterocycles. The molecule has 1 aromatic rings. The first kappa shape index (κ1) is 15.8. The van der Waals surface area contributed by atoms with E-state index in [-0.39, 0.29) is 11.8 Å². The Balaban J connectivity index is 2.67. The van der Waals surface area contributed by atoms with Gasteiger partial charge in [0.05, 0.1) is 5.60 Å². The minimum Gasteiger partial charge on any atom is -0.406 e. The predicted molar refractivity (Wildman–Crippen MR) is 65.9 cm³/mol. The van der Waals surface area contributed by atoms with Gasteiger partial charge >= 0.3 is 6.36 Å². The van der Waals surface area contributed by atoms with Crippen LogP contribution < -0.4 is 10.5 Å². The summed E-state index contributed by atoms with van der Waals surface area (Å²) in [7, 11) is 1.57. The van der Waals surface area contributed by atoms with E-state index >= 15 is 0 Å². The summed E-state index contributed by atoms with van der Waals surface area (Å²) in [5, 5.41) is 0. The minimum atomic E-state index is -4.67. The van der Waals surface area contributed by atoms with E-state index in [0.717, 1.165) is 5.56 Å². The Morgan fingerprint density at radius 2 is 1.68 bits per heavy atom. The van der Waals surface area contributed by atoms with Gasteiger partial charge in [-0.2, -0.15) is 0 Å². The van der Waals surface area contributed by atoms with E-state index in [0.29, 0.717) is 6.42 Å². The molecule has 1 atom stereocenters. The van der Waals surface area contributed by atoms with Crippen LogP contribution in [-0.4, -0.2) is 25.1 Å². The summed E-state index contributed by atoms with van der Waals surface area (Å²) in [4.78, 5) is 0. The third kappa shape index (κ3) is 5.08. The van der Waals surface area contributed by atoms with Crippen LogP contribution in [0.4, 0.5) is 13.2 Å². The van der Waals surface area contributed by atoms with Gasteiger partial charge < -0.3 is 15.2 Å². The second-order valence-electron chi connectivity index (χ2n) is 4.81. The highest BCUT2D eigenvalue weighted by molar-refractivity contribution is 5.28. The second kappa shape index (κ2) is 5.79. The van der Waals surface area contributed by atoms with Crippen molar-refractivity contribution in [2.45, 2.75) is 38.3 Å². The third-order valence-electron chi connectivity index (χ3n) is 3.03. The summed E-state index contributed by atoms with van der Waals surface area (Å²) < 4.78 is 45.0. The molecule has 0 aliphatic rings. The number of hydrogen-bond donors (Lipinski definition) is 1. The lowest BCUT2D eigenvalue weighted by Gasteiger charge is -2.30. The van der Waals surface area contributed by atoms with Gasteiger partial charge in [-0.1, -0.05) is 12.1 Å². The van der Waals surface area contributed by atoms with Crippen molar-refractivity contribution in [1.82, 2.24) is 0 Å². The topological polar surface area (TPSA) is 44.5 Å². The molecule has 0 bridgehead atoms. The normalized spacial score (nSPS) is 14.3. The Kier molecular flexibility index (Phi) is 4.81. The number of rotatable bonds is 5. The van der Waals surface area contributed by atoms with E-state index < -0.39 is 12.0 Å². The van der Waals surface area contributed by atoms with Crippen LogP contribution in [0.15, 0.2) is 24.3 Å². The van der Waals surface area contributed by atoms with Crippen molar-refractivity contribution in [1.29, 1.82) is 0 Å².